The molecular weight excluding hydrogens is 376 g/mol. The lowest BCUT2D eigenvalue weighted by molar-refractivity contribution is 0.0341. The second kappa shape index (κ2) is 12.2. The highest BCUT2D eigenvalue weighted by atomic mass is 16.5. The van der Waals surface area contributed by atoms with Crippen molar-refractivity contribution in [1.82, 2.24) is 15.5 Å². The van der Waals surface area contributed by atoms with Gasteiger partial charge in [0.1, 0.15) is 5.75 Å². The summed E-state index contributed by atoms with van der Waals surface area (Å²) in [4.78, 5) is 7.28. The van der Waals surface area contributed by atoms with Gasteiger partial charge in [0.15, 0.2) is 5.96 Å². The van der Waals surface area contributed by atoms with Crippen molar-refractivity contribution in [3.05, 3.63) is 65.2 Å². The maximum absolute atomic E-state index is 5.47. The summed E-state index contributed by atoms with van der Waals surface area (Å²) in [6.07, 6.45) is 0.877. The number of ether oxygens (including phenoxy) is 2. The fraction of sp³-hybridized carbons (Fsp3) is 0.458. The van der Waals surface area contributed by atoms with Crippen LogP contribution in [0, 0.1) is 0 Å². The summed E-state index contributed by atoms with van der Waals surface area (Å²) in [5.41, 5.74) is 3.80. The Bertz CT molecular complexity index is 803. The molecule has 1 aliphatic heterocycles. The highest BCUT2D eigenvalue weighted by Gasteiger charge is 2.12. The Morgan fingerprint density at radius 1 is 1.00 bits per heavy atom. The molecule has 0 atom stereocenters. The van der Waals surface area contributed by atoms with Crippen LogP contribution in [-0.2, 0) is 24.2 Å². The van der Waals surface area contributed by atoms with E-state index in [0.717, 1.165) is 64.1 Å². The molecule has 0 bridgehead atoms. The van der Waals surface area contributed by atoms with Gasteiger partial charge in [-0.1, -0.05) is 42.5 Å². The summed E-state index contributed by atoms with van der Waals surface area (Å²) in [6, 6.07) is 16.7. The van der Waals surface area contributed by atoms with Crippen molar-refractivity contribution in [3.63, 3.8) is 0 Å². The first-order chi connectivity index (χ1) is 14.8. The molecule has 2 N–H and O–H groups in total. The minimum atomic E-state index is 0.657. The van der Waals surface area contributed by atoms with Crippen LogP contribution in [0.5, 0.6) is 5.75 Å². The molecule has 3 rings (SSSR count). The lowest BCUT2D eigenvalue weighted by Crippen LogP contribution is -2.38. The number of hydrogen-bond donors (Lipinski definition) is 2. The number of aliphatic imine (C=N–C) groups is 1. The monoisotopic (exact) mass is 410 g/mol. The zero-order valence-corrected chi connectivity index (χ0v) is 18.2. The van der Waals surface area contributed by atoms with Crippen molar-refractivity contribution in [2.24, 2.45) is 4.99 Å². The Labute approximate surface area is 180 Å². The molecule has 30 heavy (non-hydrogen) atoms. The second-order valence-electron chi connectivity index (χ2n) is 7.34. The van der Waals surface area contributed by atoms with E-state index in [1.54, 1.807) is 7.11 Å². The first-order valence-electron chi connectivity index (χ1n) is 10.8. The molecule has 0 aromatic heterocycles. The summed E-state index contributed by atoms with van der Waals surface area (Å²) < 4.78 is 10.9. The van der Waals surface area contributed by atoms with Crippen molar-refractivity contribution < 1.29 is 9.47 Å². The maximum Gasteiger partial charge on any atom is 0.191 e. The molecule has 0 aliphatic carbocycles. The lowest BCUT2D eigenvalue weighted by Gasteiger charge is -2.27. The highest BCUT2D eigenvalue weighted by molar-refractivity contribution is 5.79. The number of guanidine groups is 1. The molecular formula is C24H34N4O2. The summed E-state index contributed by atoms with van der Waals surface area (Å²) in [5.74, 6) is 1.77. The van der Waals surface area contributed by atoms with Gasteiger partial charge in [-0.3, -0.25) is 4.90 Å². The van der Waals surface area contributed by atoms with Crippen molar-refractivity contribution in [3.8, 4) is 5.75 Å². The number of para-hydroxylation sites is 1. The fourth-order valence-electron chi connectivity index (χ4n) is 3.60. The summed E-state index contributed by atoms with van der Waals surface area (Å²) in [5, 5.41) is 6.80. The van der Waals surface area contributed by atoms with Crippen LogP contribution < -0.4 is 15.4 Å². The average molecular weight is 411 g/mol. The van der Waals surface area contributed by atoms with E-state index in [4.69, 9.17) is 14.5 Å². The number of rotatable bonds is 9. The van der Waals surface area contributed by atoms with Gasteiger partial charge in [0.2, 0.25) is 0 Å². The van der Waals surface area contributed by atoms with Gasteiger partial charge in [0, 0.05) is 32.7 Å². The lowest BCUT2D eigenvalue weighted by atomic mass is 10.1. The number of nitrogens with one attached hydrogen (secondary N) is 2. The standard InChI is InChI=1S/C24H34N4O2/c1-3-25-24(26-13-12-20-8-6-7-11-23(20)29-2)27-18-21-9-4-5-10-22(21)19-28-14-16-30-17-15-28/h4-11H,3,12-19H2,1-2H3,(H2,25,26,27). The van der Waals surface area contributed by atoms with Crippen LogP contribution in [-0.4, -0.2) is 57.4 Å². The molecule has 0 radical (unpaired) electrons. The molecule has 0 saturated carbocycles. The molecule has 0 unspecified atom stereocenters. The van der Waals surface area contributed by atoms with E-state index in [1.807, 2.05) is 18.2 Å². The van der Waals surface area contributed by atoms with Crippen LogP contribution >= 0.6 is 0 Å². The average Bonchev–Trinajstić information content (AvgIpc) is 2.79. The van der Waals surface area contributed by atoms with E-state index >= 15 is 0 Å². The molecule has 1 saturated heterocycles. The Hall–Kier alpha value is -2.57. The van der Waals surface area contributed by atoms with Crippen molar-refractivity contribution in [1.29, 1.82) is 0 Å². The third-order valence-electron chi connectivity index (χ3n) is 5.25. The van der Waals surface area contributed by atoms with E-state index in [1.165, 1.54) is 16.7 Å². The van der Waals surface area contributed by atoms with Crippen LogP contribution in [0.4, 0.5) is 0 Å². The predicted molar refractivity (Wildman–Crippen MR) is 122 cm³/mol. The van der Waals surface area contributed by atoms with E-state index in [-0.39, 0.29) is 0 Å². The molecule has 162 valence electrons. The zero-order chi connectivity index (χ0) is 21.0. The predicted octanol–water partition coefficient (Wildman–Crippen LogP) is 2.83. The molecule has 6 nitrogen and oxygen atoms in total. The normalized spacial score (nSPS) is 15.1. The molecule has 1 aliphatic rings. The van der Waals surface area contributed by atoms with Crippen molar-refractivity contribution in [2.75, 3.05) is 46.5 Å². The van der Waals surface area contributed by atoms with Crippen LogP contribution in [0.15, 0.2) is 53.5 Å². The largest absolute Gasteiger partial charge is 0.496 e. The summed E-state index contributed by atoms with van der Waals surface area (Å²) in [6.45, 7) is 8.94. The molecule has 1 fully saturated rings. The van der Waals surface area contributed by atoms with Gasteiger partial charge in [0.25, 0.3) is 0 Å². The van der Waals surface area contributed by atoms with Crippen molar-refractivity contribution >= 4 is 5.96 Å². The van der Waals surface area contributed by atoms with Gasteiger partial charge in [-0.15, -0.1) is 0 Å². The molecule has 0 amide bonds. The van der Waals surface area contributed by atoms with Gasteiger partial charge in [-0.05, 0) is 36.1 Å². The molecule has 2 aromatic rings. The number of hydrogen-bond acceptors (Lipinski definition) is 4. The van der Waals surface area contributed by atoms with E-state index < -0.39 is 0 Å². The second-order valence-corrected chi connectivity index (χ2v) is 7.34. The smallest absolute Gasteiger partial charge is 0.191 e. The Morgan fingerprint density at radius 2 is 1.70 bits per heavy atom. The van der Waals surface area contributed by atoms with E-state index in [9.17, 15) is 0 Å². The summed E-state index contributed by atoms with van der Waals surface area (Å²) >= 11 is 0. The Morgan fingerprint density at radius 3 is 2.43 bits per heavy atom. The Balaban J connectivity index is 1.59. The molecule has 1 heterocycles. The summed E-state index contributed by atoms with van der Waals surface area (Å²) in [7, 11) is 1.71. The van der Waals surface area contributed by atoms with E-state index in [0.29, 0.717) is 6.54 Å². The third-order valence-corrected chi connectivity index (χ3v) is 5.25. The van der Waals surface area contributed by atoms with Gasteiger partial charge < -0.3 is 20.1 Å². The number of morpholine rings is 1. The number of benzene rings is 2. The van der Waals surface area contributed by atoms with Crippen molar-refractivity contribution in [2.45, 2.75) is 26.4 Å². The fourth-order valence-corrected chi connectivity index (χ4v) is 3.60. The Kier molecular flexibility index (Phi) is 9.00. The molecule has 0 spiro atoms. The third kappa shape index (κ3) is 6.75. The molecule has 6 heteroatoms. The topological polar surface area (TPSA) is 58.1 Å². The van der Waals surface area contributed by atoms with Gasteiger partial charge in [-0.2, -0.15) is 0 Å². The highest BCUT2D eigenvalue weighted by Crippen LogP contribution is 2.17. The first kappa shape index (κ1) is 22.1. The van der Waals surface area contributed by atoms with E-state index in [2.05, 4.69) is 52.8 Å². The zero-order valence-electron chi connectivity index (χ0n) is 18.2. The minimum absolute atomic E-state index is 0.657. The first-order valence-corrected chi connectivity index (χ1v) is 10.8. The number of nitrogens with zero attached hydrogens (tertiary/aromatic N) is 2. The SMILES string of the molecule is CCNC(=NCc1ccccc1CN1CCOCC1)NCCc1ccccc1OC. The van der Waals surface area contributed by atoms with Crippen LogP contribution in [0.3, 0.4) is 0 Å². The quantitative estimate of drug-likeness (QED) is 0.492. The van der Waals surface area contributed by atoms with Gasteiger partial charge >= 0.3 is 0 Å². The van der Waals surface area contributed by atoms with Gasteiger partial charge in [-0.25, -0.2) is 4.99 Å². The van der Waals surface area contributed by atoms with Crippen LogP contribution in [0.25, 0.3) is 0 Å². The maximum atomic E-state index is 5.47. The minimum Gasteiger partial charge on any atom is -0.496 e. The van der Waals surface area contributed by atoms with Gasteiger partial charge in [0.05, 0.1) is 26.9 Å². The van der Waals surface area contributed by atoms with Crippen LogP contribution in [0.1, 0.15) is 23.6 Å². The number of methoxy groups -OCH3 is 1. The van der Waals surface area contributed by atoms with Crippen LogP contribution in [0.2, 0.25) is 0 Å². The molecule has 2 aromatic carbocycles.